The van der Waals surface area contributed by atoms with Crippen LogP contribution in [0.15, 0.2) is 18.2 Å². The maximum absolute atomic E-state index is 12.2. The van der Waals surface area contributed by atoms with Gasteiger partial charge in [0, 0.05) is 24.1 Å². The third kappa shape index (κ3) is 2.57. The number of fused-ring (bicyclic) bond motifs is 1. The lowest BCUT2D eigenvalue weighted by Crippen LogP contribution is -2.53. The number of aliphatic hydroxyl groups is 1. The van der Waals surface area contributed by atoms with Crippen LogP contribution in [0.1, 0.15) is 43.9 Å². The largest absolute Gasteiger partial charge is 0.485 e. The second kappa shape index (κ2) is 5.53. The number of nitrogens with zero attached hydrogens (tertiary/aromatic N) is 1. The van der Waals surface area contributed by atoms with E-state index in [0.717, 1.165) is 12.0 Å². The first-order chi connectivity index (χ1) is 10.8. The Hall–Kier alpha value is -2.08. The van der Waals surface area contributed by atoms with Gasteiger partial charge in [0.25, 0.3) is 0 Å². The minimum Gasteiger partial charge on any atom is -0.485 e. The minimum absolute atomic E-state index is 0.0404. The van der Waals surface area contributed by atoms with Crippen LogP contribution in [0.4, 0.5) is 0 Å². The summed E-state index contributed by atoms with van der Waals surface area (Å²) >= 11 is 0. The summed E-state index contributed by atoms with van der Waals surface area (Å²) in [5, 5.41) is 18.6. The highest BCUT2D eigenvalue weighted by atomic mass is 16.5. The Bertz CT molecular complexity index is 656. The van der Waals surface area contributed by atoms with E-state index in [1.807, 2.05) is 13.8 Å². The molecule has 0 aliphatic carbocycles. The van der Waals surface area contributed by atoms with Gasteiger partial charge in [-0.3, -0.25) is 10.2 Å². The zero-order chi connectivity index (χ0) is 16.8. The molecule has 3 rings (SSSR count). The first-order valence-corrected chi connectivity index (χ1v) is 7.78. The van der Waals surface area contributed by atoms with Crippen molar-refractivity contribution in [1.82, 2.24) is 4.90 Å². The normalized spacial score (nSPS) is 25.7. The molecule has 0 radical (unpaired) electrons. The van der Waals surface area contributed by atoms with E-state index in [1.165, 1.54) is 7.11 Å². The molecule has 2 heterocycles. The highest BCUT2D eigenvalue weighted by Crippen LogP contribution is 2.44. The van der Waals surface area contributed by atoms with Crippen LogP contribution >= 0.6 is 0 Å². The molecular formula is C17H22N2O4. The average Bonchev–Trinajstić information content (AvgIpc) is 2.93. The van der Waals surface area contributed by atoms with Gasteiger partial charge in [0.1, 0.15) is 17.5 Å². The van der Waals surface area contributed by atoms with Gasteiger partial charge in [-0.15, -0.1) is 0 Å². The van der Waals surface area contributed by atoms with Gasteiger partial charge in [0.15, 0.2) is 0 Å². The number of carbonyl (C=O) groups excluding carboxylic acids is 1. The molecule has 0 unspecified atom stereocenters. The van der Waals surface area contributed by atoms with E-state index < -0.39 is 17.7 Å². The summed E-state index contributed by atoms with van der Waals surface area (Å²) in [6.07, 6.45) is 0.462. The van der Waals surface area contributed by atoms with Gasteiger partial charge in [0.05, 0.1) is 13.2 Å². The average molecular weight is 318 g/mol. The molecule has 6 nitrogen and oxygen atoms in total. The molecule has 0 saturated carbocycles. The molecule has 6 heteroatoms. The van der Waals surface area contributed by atoms with E-state index in [0.29, 0.717) is 24.3 Å². The SMILES string of the molecule is COC(=N)c1ccc2c(c1)[C@@H](N1CCCC1=O)[C@H](O)C(C)(C)O2. The zero-order valence-electron chi connectivity index (χ0n) is 13.6. The Morgan fingerprint density at radius 1 is 1.48 bits per heavy atom. The fourth-order valence-corrected chi connectivity index (χ4v) is 3.33. The smallest absolute Gasteiger partial charge is 0.223 e. The Morgan fingerprint density at radius 3 is 2.83 bits per heavy atom. The van der Waals surface area contributed by atoms with Gasteiger partial charge in [-0.2, -0.15) is 0 Å². The molecule has 124 valence electrons. The third-order valence-corrected chi connectivity index (χ3v) is 4.62. The van der Waals surface area contributed by atoms with Crippen molar-refractivity contribution < 1.29 is 19.4 Å². The molecule has 1 amide bonds. The van der Waals surface area contributed by atoms with E-state index in [-0.39, 0.29) is 11.8 Å². The van der Waals surface area contributed by atoms with Crippen molar-refractivity contribution in [3.63, 3.8) is 0 Å². The maximum Gasteiger partial charge on any atom is 0.223 e. The van der Waals surface area contributed by atoms with Crippen molar-refractivity contribution in [3.05, 3.63) is 29.3 Å². The van der Waals surface area contributed by atoms with E-state index in [2.05, 4.69) is 0 Å². The van der Waals surface area contributed by atoms with Gasteiger partial charge in [0.2, 0.25) is 11.8 Å². The van der Waals surface area contributed by atoms with Gasteiger partial charge < -0.3 is 19.5 Å². The Morgan fingerprint density at radius 2 is 2.22 bits per heavy atom. The monoisotopic (exact) mass is 318 g/mol. The molecule has 1 aromatic carbocycles. The number of rotatable bonds is 2. The first kappa shape index (κ1) is 15.8. The Labute approximate surface area is 135 Å². The number of ether oxygens (including phenoxy) is 2. The number of amides is 1. The summed E-state index contributed by atoms with van der Waals surface area (Å²) < 4.78 is 10.9. The quantitative estimate of drug-likeness (QED) is 0.644. The zero-order valence-corrected chi connectivity index (χ0v) is 13.6. The van der Waals surface area contributed by atoms with Gasteiger partial charge in [-0.25, -0.2) is 0 Å². The first-order valence-electron chi connectivity index (χ1n) is 7.78. The highest BCUT2D eigenvalue weighted by Gasteiger charge is 2.47. The molecule has 1 saturated heterocycles. The maximum atomic E-state index is 12.2. The van der Waals surface area contributed by atoms with Crippen molar-refractivity contribution in [2.45, 2.75) is 44.4 Å². The third-order valence-electron chi connectivity index (χ3n) is 4.62. The molecule has 0 spiro atoms. The number of hydrogen-bond donors (Lipinski definition) is 2. The molecule has 0 bridgehead atoms. The molecule has 2 N–H and O–H groups in total. The van der Waals surface area contributed by atoms with Crippen LogP contribution in [-0.4, -0.2) is 47.2 Å². The Kier molecular flexibility index (Phi) is 3.80. The second-order valence-electron chi connectivity index (χ2n) is 6.57. The lowest BCUT2D eigenvalue weighted by Gasteiger charge is -2.45. The topological polar surface area (TPSA) is 82.9 Å². The lowest BCUT2D eigenvalue weighted by molar-refractivity contribution is -0.139. The predicted molar refractivity (Wildman–Crippen MR) is 84.7 cm³/mol. The number of carbonyl (C=O) groups is 1. The lowest BCUT2D eigenvalue weighted by atomic mass is 9.85. The van der Waals surface area contributed by atoms with Crippen molar-refractivity contribution in [1.29, 1.82) is 5.41 Å². The van der Waals surface area contributed by atoms with Crippen molar-refractivity contribution in [3.8, 4) is 5.75 Å². The van der Waals surface area contributed by atoms with E-state index in [9.17, 15) is 9.90 Å². The van der Waals surface area contributed by atoms with E-state index in [1.54, 1.807) is 23.1 Å². The van der Waals surface area contributed by atoms with Crippen LogP contribution in [-0.2, 0) is 9.53 Å². The van der Waals surface area contributed by atoms with Crippen LogP contribution in [0.5, 0.6) is 5.75 Å². The second-order valence-corrected chi connectivity index (χ2v) is 6.57. The molecule has 0 aromatic heterocycles. The molecule has 1 fully saturated rings. The molecule has 2 atom stereocenters. The summed E-state index contributed by atoms with van der Waals surface area (Å²) in [7, 11) is 1.44. The van der Waals surface area contributed by atoms with Crippen molar-refractivity contribution in [2.75, 3.05) is 13.7 Å². The van der Waals surface area contributed by atoms with Crippen molar-refractivity contribution >= 4 is 11.8 Å². The predicted octanol–water partition coefficient (Wildman–Crippen LogP) is 1.85. The summed E-state index contributed by atoms with van der Waals surface area (Å²) in [4.78, 5) is 14.0. The van der Waals surface area contributed by atoms with Crippen LogP contribution in [0.3, 0.4) is 0 Å². The fraction of sp³-hybridized carbons (Fsp3) is 0.529. The van der Waals surface area contributed by atoms with Gasteiger partial charge in [-0.1, -0.05) is 0 Å². The number of hydrogen-bond acceptors (Lipinski definition) is 5. The number of methoxy groups -OCH3 is 1. The number of nitrogens with one attached hydrogen (secondary N) is 1. The number of benzene rings is 1. The fourth-order valence-electron chi connectivity index (χ4n) is 3.33. The van der Waals surface area contributed by atoms with Crippen LogP contribution in [0, 0.1) is 5.41 Å². The summed E-state index contributed by atoms with van der Waals surface area (Å²) in [6.45, 7) is 4.26. The number of aliphatic hydroxyl groups excluding tert-OH is 1. The summed E-state index contributed by atoms with van der Waals surface area (Å²) in [6, 6.07) is 4.84. The molecule has 23 heavy (non-hydrogen) atoms. The molecule has 1 aromatic rings. The number of likely N-dealkylation sites (tertiary alicyclic amines) is 1. The van der Waals surface area contributed by atoms with Gasteiger partial charge in [-0.05, 0) is 38.5 Å². The molecular weight excluding hydrogens is 296 g/mol. The molecule has 2 aliphatic rings. The van der Waals surface area contributed by atoms with E-state index >= 15 is 0 Å². The van der Waals surface area contributed by atoms with Crippen LogP contribution in [0.2, 0.25) is 0 Å². The van der Waals surface area contributed by atoms with Crippen LogP contribution < -0.4 is 4.74 Å². The Balaban J connectivity index is 2.10. The minimum atomic E-state index is -0.843. The summed E-state index contributed by atoms with van der Waals surface area (Å²) in [5.74, 6) is 0.723. The van der Waals surface area contributed by atoms with Crippen molar-refractivity contribution in [2.24, 2.45) is 0 Å². The standard InChI is InChI=1S/C17H22N2O4/c1-17(2)15(21)14(19-8-4-5-13(19)20)11-9-10(16(18)22-3)6-7-12(11)23-17/h6-7,9,14-15,18,21H,4-5,8H2,1-3H3/t14-,15+/m1/s1. The highest BCUT2D eigenvalue weighted by molar-refractivity contribution is 5.92. The van der Waals surface area contributed by atoms with Gasteiger partial charge >= 0.3 is 0 Å². The van der Waals surface area contributed by atoms with E-state index in [4.69, 9.17) is 14.9 Å². The summed E-state index contributed by atoms with van der Waals surface area (Å²) in [5.41, 5.74) is 0.529. The van der Waals surface area contributed by atoms with Crippen LogP contribution in [0.25, 0.3) is 0 Å². The molecule has 2 aliphatic heterocycles.